The lowest BCUT2D eigenvalue weighted by molar-refractivity contribution is 0.203. The summed E-state index contributed by atoms with van der Waals surface area (Å²) in [5, 5.41) is 5.49. The molecule has 21 heavy (non-hydrogen) atoms. The van der Waals surface area contributed by atoms with Crippen LogP contribution in [0.2, 0.25) is 5.15 Å². The molecule has 0 bridgehead atoms. The first kappa shape index (κ1) is 16.2. The summed E-state index contributed by atoms with van der Waals surface area (Å²) in [5.74, 6) is 0.765. The SMILES string of the molecule is CCCCCN(Cc1nc(Cl)c2cnn(C)c2n1)C(C)C. The number of unbranched alkanes of at least 4 members (excludes halogenated alkanes) is 2. The maximum absolute atomic E-state index is 6.24. The van der Waals surface area contributed by atoms with E-state index in [0.717, 1.165) is 29.9 Å². The van der Waals surface area contributed by atoms with Gasteiger partial charge in [0.05, 0.1) is 18.1 Å². The van der Waals surface area contributed by atoms with Crippen molar-refractivity contribution in [3.8, 4) is 0 Å². The zero-order chi connectivity index (χ0) is 15.4. The molecule has 0 fully saturated rings. The van der Waals surface area contributed by atoms with E-state index in [2.05, 4.69) is 40.7 Å². The van der Waals surface area contributed by atoms with Crippen LogP contribution in [0, 0.1) is 0 Å². The molecule has 0 radical (unpaired) electrons. The molecule has 0 spiro atoms. The highest BCUT2D eigenvalue weighted by Gasteiger charge is 2.15. The fraction of sp³-hybridized carbons (Fsp3) is 0.667. The van der Waals surface area contributed by atoms with Crippen LogP contribution in [0.25, 0.3) is 11.0 Å². The Balaban J connectivity index is 2.18. The minimum atomic E-state index is 0.464. The predicted octanol–water partition coefficient (Wildman–Crippen LogP) is 3.42. The van der Waals surface area contributed by atoms with Crippen LogP contribution in [0.5, 0.6) is 0 Å². The van der Waals surface area contributed by atoms with Crippen molar-refractivity contribution < 1.29 is 0 Å². The minimum absolute atomic E-state index is 0.464. The van der Waals surface area contributed by atoms with Gasteiger partial charge in [-0.3, -0.25) is 9.58 Å². The Morgan fingerprint density at radius 2 is 2.05 bits per heavy atom. The minimum Gasteiger partial charge on any atom is -0.294 e. The second-order valence-corrected chi connectivity index (χ2v) is 6.07. The maximum Gasteiger partial charge on any atom is 0.162 e. The van der Waals surface area contributed by atoms with Crippen molar-refractivity contribution in [1.29, 1.82) is 0 Å². The molecule has 2 rings (SSSR count). The summed E-state index contributed by atoms with van der Waals surface area (Å²) in [6.07, 6.45) is 5.40. The van der Waals surface area contributed by atoms with Gasteiger partial charge in [-0.2, -0.15) is 5.10 Å². The van der Waals surface area contributed by atoms with E-state index in [-0.39, 0.29) is 0 Å². The Hall–Kier alpha value is -1.20. The van der Waals surface area contributed by atoms with Crippen molar-refractivity contribution in [2.24, 2.45) is 7.05 Å². The molecule has 2 heterocycles. The highest BCUT2D eigenvalue weighted by molar-refractivity contribution is 6.33. The van der Waals surface area contributed by atoms with E-state index in [0.29, 0.717) is 11.2 Å². The van der Waals surface area contributed by atoms with Gasteiger partial charge >= 0.3 is 0 Å². The number of halogens is 1. The molecule has 0 unspecified atom stereocenters. The number of rotatable bonds is 7. The normalized spacial score (nSPS) is 12.0. The molecule has 0 saturated carbocycles. The first-order valence-corrected chi connectivity index (χ1v) is 7.99. The second kappa shape index (κ2) is 7.18. The fourth-order valence-corrected chi connectivity index (χ4v) is 2.60. The average Bonchev–Trinajstić information content (AvgIpc) is 2.80. The van der Waals surface area contributed by atoms with Crippen LogP contribution in [0.15, 0.2) is 6.20 Å². The third kappa shape index (κ3) is 3.92. The van der Waals surface area contributed by atoms with E-state index in [9.17, 15) is 0 Å². The van der Waals surface area contributed by atoms with E-state index in [1.54, 1.807) is 10.9 Å². The number of nitrogens with zero attached hydrogens (tertiary/aromatic N) is 5. The molecule has 0 N–H and O–H groups in total. The summed E-state index contributed by atoms with van der Waals surface area (Å²) in [4.78, 5) is 11.4. The second-order valence-electron chi connectivity index (χ2n) is 5.71. The first-order chi connectivity index (χ1) is 10.0. The van der Waals surface area contributed by atoms with Crippen molar-refractivity contribution in [2.45, 2.75) is 52.6 Å². The van der Waals surface area contributed by atoms with Gasteiger partial charge in [0.1, 0.15) is 11.0 Å². The topological polar surface area (TPSA) is 46.8 Å². The standard InChI is InChI=1S/C15H24ClN5/c1-5-6-7-8-21(11(2)3)10-13-18-14(16)12-9-17-20(4)15(12)19-13/h9,11H,5-8,10H2,1-4H3. The zero-order valence-corrected chi connectivity index (χ0v) is 14.1. The van der Waals surface area contributed by atoms with Gasteiger partial charge in [0.25, 0.3) is 0 Å². The van der Waals surface area contributed by atoms with Crippen molar-refractivity contribution in [3.63, 3.8) is 0 Å². The van der Waals surface area contributed by atoms with Gasteiger partial charge in [-0.25, -0.2) is 9.97 Å². The van der Waals surface area contributed by atoms with Crippen molar-refractivity contribution in [2.75, 3.05) is 6.54 Å². The van der Waals surface area contributed by atoms with Crippen molar-refractivity contribution in [3.05, 3.63) is 17.2 Å². The third-order valence-corrected chi connectivity index (χ3v) is 4.00. The highest BCUT2D eigenvalue weighted by atomic mass is 35.5. The van der Waals surface area contributed by atoms with Crippen LogP contribution in [0.3, 0.4) is 0 Å². The summed E-state index contributed by atoms with van der Waals surface area (Å²) in [7, 11) is 1.87. The van der Waals surface area contributed by atoms with Gasteiger partial charge in [0.2, 0.25) is 0 Å². The van der Waals surface area contributed by atoms with Gasteiger partial charge in [-0.15, -0.1) is 0 Å². The van der Waals surface area contributed by atoms with E-state index in [4.69, 9.17) is 11.6 Å². The van der Waals surface area contributed by atoms with Crippen LogP contribution < -0.4 is 0 Å². The summed E-state index contributed by atoms with van der Waals surface area (Å²) in [6.45, 7) is 8.42. The molecule has 6 heteroatoms. The predicted molar refractivity (Wildman–Crippen MR) is 86.4 cm³/mol. The molecule has 0 aromatic carbocycles. The molecule has 2 aromatic heterocycles. The molecular formula is C15H24ClN5. The lowest BCUT2D eigenvalue weighted by atomic mass is 10.2. The third-order valence-electron chi connectivity index (χ3n) is 3.72. The zero-order valence-electron chi connectivity index (χ0n) is 13.3. The van der Waals surface area contributed by atoms with Gasteiger partial charge in [-0.05, 0) is 26.8 Å². The van der Waals surface area contributed by atoms with Gasteiger partial charge in [-0.1, -0.05) is 31.4 Å². The molecule has 0 saturated heterocycles. The van der Waals surface area contributed by atoms with E-state index < -0.39 is 0 Å². The van der Waals surface area contributed by atoms with Crippen molar-refractivity contribution >= 4 is 22.6 Å². The van der Waals surface area contributed by atoms with E-state index >= 15 is 0 Å². The van der Waals surface area contributed by atoms with E-state index in [1.165, 1.54) is 19.3 Å². The Morgan fingerprint density at radius 3 is 2.71 bits per heavy atom. The summed E-state index contributed by atoms with van der Waals surface area (Å²) < 4.78 is 1.74. The lowest BCUT2D eigenvalue weighted by Crippen LogP contribution is -2.32. The molecule has 2 aromatic rings. The largest absolute Gasteiger partial charge is 0.294 e. The molecule has 0 aliphatic heterocycles. The van der Waals surface area contributed by atoms with Gasteiger partial charge in [0.15, 0.2) is 5.65 Å². The summed E-state index contributed by atoms with van der Waals surface area (Å²) in [6, 6.07) is 0.464. The molecule has 0 aliphatic rings. The Labute approximate surface area is 131 Å². The van der Waals surface area contributed by atoms with Crippen LogP contribution in [0.1, 0.15) is 45.9 Å². The molecular weight excluding hydrogens is 286 g/mol. The number of hydrogen-bond donors (Lipinski definition) is 0. The Bertz CT molecular complexity index is 593. The van der Waals surface area contributed by atoms with Gasteiger partial charge < -0.3 is 0 Å². The van der Waals surface area contributed by atoms with E-state index in [1.807, 2.05) is 7.05 Å². The Morgan fingerprint density at radius 1 is 1.29 bits per heavy atom. The lowest BCUT2D eigenvalue weighted by Gasteiger charge is -2.25. The number of fused-ring (bicyclic) bond motifs is 1. The molecule has 0 amide bonds. The molecule has 116 valence electrons. The Kier molecular flexibility index (Phi) is 5.53. The maximum atomic E-state index is 6.24. The molecule has 5 nitrogen and oxygen atoms in total. The fourth-order valence-electron chi connectivity index (χ4n) is 2.37. The molecule has 0 aliphatic carbocycles. The first-order valence-electron chi connectivity index (χ1n) is 7.61. The number of aryl methyl sites for hydroxylation is 1. The summed E-state index contributed by atoms with van der Waals surface area (Å²) >= 11 is 6.24. The molecule has 0 atom stereocenters. The summed E-state index contributed by atoms with van der Waals surface area (Å²) in [5.41, 5.74) is 0.794. The monoisotopic (exact) mass is 309 g/mol. The van der Waals surface area contributed by atoms with Gasteiger partial charge in [0, 0.05) is 13.1 Å². The number of hydrogen-bond acceptors (Lipinski definition) is 4. The average molecular weight is 310 g/mol. The highest BCUT2D eigenvalue weighted by Crippen LogP contribution is 2.20. The van der Waals surface area contributed by atoms with Crippen LogP contribution in [-0.4, -0.2) is 37.2 Å². The van der Waals surface area contributed by atoms with Crippen LogP contribution in [0.4, 0.5) is 0 Å². The number of aromatic nitrogens is 4. The van der Waals surface area contributed by atoms with Crippen molar-refractivity contribution in [1.82, 2.24) is 24.6 Å². The van der Waals surface area contributed by atoms with Crippen LogP contribution in [-0.2, 0) is 13.6 Å². The van der Waals surface area contributed by atoms with Crippen LogP contribution >= 0.6 is 11.6 Å². The smallest absolute Gasteiger partial charge is 0.162 e. The quantitative estimate of drug-likeness (QED) is 0.581.